The minimum absolute atomic E-state index is 0.354. The molecule has 0 aliphatic carbocycles. The third-order valence-electron chi connectivity index (χ3n) is 2.63. The van der Waals surface area contributed by atoms with Crippen LogP contribution in [0.25, 0.3) is 21.3 Å². The normalized spacial score (nSPS) is 10.9. The third kappa shape index (κ3) is 1.83. The second kappa shape index (κ2) is 4.22. The largest absolute Gasteiger partial charge is 0.326 e. The fraction of sp³-hybridized carbons (Fsp3) is 0. The Labute approximate surface area is 113 Å². The van der Waals surface area contributed by atoms with Gasteiger partial charge in [0, 0.05) is 15.4 Å². The summed E-state index contributed by atoms with van der Waals surface area (Å²) in [4.78, 5) is 28.5. The highest BCUT2D eigenvalue weighted by Crippen LogP contribution is 2.30. The Bertz CT molecular complexity index is 830. The number of halogens is 1. The first-order valence-electron chi connectivity index (χ1n) is 5.15. The molecule has 18 heavy (non-hydrogen) atoms. The molecule has 0 fully saturated rings. The molecular formula is C12H7BrN2O2S. The number of aromatic nitrogens is 2. The van der Waals surface area contributed by atoms with Gasteiger partial charge in [-0.25, -0.2) is 4.79 Å². The van der Waals surface area contributed by atoms with E-state index in [1.807, 2.05) is 29.6 Å². The van der Waals surface area contributed by atoms with Gasteiger partial charge in [-0.1, -0.05) is 28.1 Å². The topological polar surface area (TPSA) is 65.7 Å². The number of aromatic amines is 2. The van der Waals surface area contributed by atoms with Crippen LogP contribution in [-0.4, -0.2) is 9.97 Å². The first-order chi connectivity index (χ1) is 8.65. The predicted molar refractivity (Wildman–Crippen MR) is 76.2 cm³/mol. The fourth-order valence-corrected chi connectivity index (χ4v) is 3.04. The van der Waals surface area contributed by atoms with E-state index in [0.717, 1.165) is 15.6 Å². The van der Waals surface area contributed by atoms with Crippen LogP contribution in [0.15, 0.2) is 43.7 Å². The summed E-state index contributed by atoms with van der Waals surface area (Å²) in [7, 11) is 0. The molecule has 3 rings (SSSR count). The highest BCUT2D eigenvalue weighted by atomic mass is 79.9. The van der Waals surface area contributed by atoms with Crippen molar-refractivity contribution in [2.75, 3.05) is 0 Å². The molecule has 0 aliphatic heterocycles. The minimum Gasteiger partial charge on any atom is -0.298 e. The lowest BCUT2D eigenvalue weighted by molar-refractivity contribution is 1.09. The second-order valence-corrected chi connectivity index (χ2v) is 5.56. The zero-order valence-electron chi connectivity index (χ0n) is 8.99. The molecule has 0 spiro atoms. The Morgan fingerprint density at radius 1 is 1.06 bits per heavy atom. The summed E-state index contributed by atoms with van der Waals surface area (Å²) in [6.07, 6.45) is 0. The quantitative estimate of drug-likeness (QED) is 0.723. The number of fused-ring (bicyclic) bond motifs is 1. The monoisotopic (exact) mass is 322 g/mol. The smallest absolute Gasteiger partial charge is 0.298 e. The van der Waals surface area contributed by atoms with Gasteiger partial charge < -0.3 is 0 Å². The van der Waals surface area contributed by atoms with Gasteiger partial charge in [0.25, 0.3) is 5.56 Å². The fourth-order valence-electron chi connectivity index (χ4n) is 1.82. The van der Waals surface area contributed by atoms with E-state index in [1.165, 1.54) is 11.3 Å². The van der Waals surface area contributed by atoms with Crippen molar-refractivity contribution in [1.82, 2.24) is 9.97 Å². The van der Waals surface area contributed by atoms with Crippen molar-refractivity contribution in [1.29, 1.82) is 0 Å². The molecule has 0 saturated heterocycles. The molecule has 2 N–H and O–H groups in total. The molecule has 3 aromatic rings. The zero-order valence-corrected chi connectivity index (χ0v) is 11.4. The molecule has 6 heteroatoms. The van der Waals surface area contributed by atoms with Crippen LogP contribution in [0.2, 0.25) is 0 Å². The Morgan fingerprint density at radius 3 is 2.50 bits per heavy atom. The van der Waals surface area contributed by atoms with Gasteiger partial charge in [-0.05, 0) is 17.7 Å². The molecule has 2 heterocycles. The van der Waals surface area contributed by atoms with Gasteiger partial charge in [-0.3, -0.25) is 14.8 Å². The molecule has 2 aromatic heterocycles. The van der Waals surface area contributed by atoms with Gasteiger partial charge in [0.1, 0.15) is 4.83 Å². The van der Waals surface area contributed by atoms with Gasteiger partial charge in [0.05, 0.1) is 5.39 Å². The summed E-state index contributed by atoms with van der Waals surface area (Å²) in [5.74, 6) is 0. The third-order valence-corrected chi connectivity index (χ3v) is 4.05. The Kier molecular flexibility index (Phi) is 2.68. The first kappa shape index (κ1) is 11.4. The average molecular weight is 323 g/mol. The molecule has 0 aliphatic rings. The number of thiophene rings is 1. The lowest BCUT2D eigenvalue weighted by atomic mass is 10.1. The van der Waals surface area contributed by atoms with E-state index in [0.29, 0.717) is 10.2 Å². The van der Waals surface area contributed by atoms with E-state index in [9.17, 15) is 9.59 Å². The summed E-state index contributed by atoms with van der Waals surface area (Å²) in [5, 5.41) is 2.40. The Balaban J connectivity index is 2.34. The summed E-state index contributed by atoms with van der Waals surface area (Å²) >= 11 is 4.72. The van der Waals surface area contributed by atoms with Crippen LogP contribution in [0, 0.1) is 0 Å². The second-order valence-electron chi connectivity index (χ2n) is 3.77. The molecule has 0 atom stereocenters. The van der Waals surface area contributed by atoms with Crippen LogP contribution in [0.5, 0.6) is 0 Å². The summed E-state index contributed by atoms with van der Waals surface area (Å²) in [6, 6.07) is 7.68. The molecule has 0 amide bonds. The van der Waals surface area contributed by atoms with Crippen molar-refractivity contribution < 1.29 is 0 Å². The predicted octanol–water partition coefficient (Wildman–Crippen LogP) is 2.71. The van der Waals surface area contributed by atoms with Crippen molar-refractivity contribution in [3.8, 4) is 11.1 Å². The molecule has 0 bridgehead atoms. The number of H-pyrrole nitrogens is 2. The Hall–Kier alpha value is -1.66. The van der Waals surface area contributed by atoms with E-state index in [1.54, 1.807) is 0 Å². The molecule has 4 nitrogen and oxygen atoms in total. The number of hydrogen-bond acceptors (Lipinski definition) is 3. The number of nitrogens with one attached hydrogen (secondary N) is 2. The van der Waals surface area contributed by atoms with Crippen LogP contribution < -0.4 is 11.2 Å². The van der Waals surface area contributed by atoms with Crippen molar-refractivity contribution in [2.24, 2.45) is 0 Å². The van der Waals surface area contributed by atoms with Crippen LogP contribution in [0.3, 0.4) is 0 Å². The summed E-state index contributed by atoms with van der Waals surface area (Å²) in [6.45, 7) is 0. The van der Waals surface area contributed by atoms with E-state index in [4.69, 9.17) is 0 Å². The standard InChI is InChI=1S/C12H7BrN2O2S/c13-7-3-1-6(2-4-7)8-5-18-11-9(8)10(16)14-12(17)15-11/h1-5H,(H2,14,15,16,17). The number of hydrogen-bond donors (Lipinski definition) is 2. The van der Waals surface area contributed by atoms with Gasteiger partial charge in [-0.15, -0.1) is 11.3 Å². The maximum atomic E-state index is 11.8. The maximum Gasteiger partial charge on any atom is 0.326 e. The van der Waals surface area contributed by atoms with Crippen molar-refractivity contribution in [3.05, 3.63) is 55.0 Å². The SMILES string of the molecule is O=c1[nH]c(=O)c2c(-c3ccc(Br)cc3)csc2[nH]1. The highest BCUT2D eigenvalue weighted by molar-refractivity contribution is 9.10. The molecule has 90 valence electrons. The van der Waals surface area contributed by atoms with Gasteiger partial charge >= 0.3 is 5.69 Å². The first-order valence-corrected chi connectivity index (χ1v) is 6.82. The number of rotatable bonds is 1. The minimum atomic E-state index is -0.475. The highest BCUT2D eigenvalue weighted by Gasteiger charge is 2.10. The maximum absolute atomic E-state index is 11.8. The van der Waals surface area contributed by atoms with Gasteiger partial charge in [-0.2, -0.15) is 0 Å². The molecular weight excluding hydrogens is 316 g/mol. The van der Waals surface area contributed by atoms with Crippen molar-refractivity contribution in [3.63, 3.8) is 0 Å². The van der Waals surface area contributed by atoms with Crippen LogP contribution in [0.4, 0.5) is 0 Å². The van der Waals surface area contributed by atoms with E-state index in [-0.39, 0.29) is 5.56 Å². The number of benzene rings is 1. The zero-order chi connectivity index (χ0) is 12.7. The average Bonchev–Trinajstić information content (AvgIpc) is 2.74. The van der Waals surface area contributed by atoms with E-state index < -0.39 is 5.69 Å². The molecule has 0 unspecified atom stereocenters. The Morgan fingerprint density at radius 2 is 1.78 bits per heavy atom. The van der Waals surface area contributed by atoms with E-state index in [2.05, 4.69) is 25.9 Å². The van der Waals surface area contributed by atoms with Gasteiger partial charge in [0.2, 0.25) is 0 Å². The van der Waals surface area contributed by atoms with Gasteiger partial charge in [0.15, 0.2) is 0 Å². The van der Waals surface area contributed by atoms with Crippen LogP contribution in [0.1, 0.15) is 0 Å². The van der Waals surface area contributed by atoms with Crippen molar-refractivity contribution in [2.45, 2.75) is 0 Å². The van der Waals surface area contributed by atoms with Crippen LogP contribution >= 0.6 is 27.3 Å². The summed E-state index contributed by atoms with van der Waals surface area (Å²) < 4.78 is 0.980. The molecule has 0 saturated carbocycles. The van der Waals surface area contributed by atoms with Crippen LogP contribution in [-0.2, 0) is 0 Å². The van der Waals surface area contributed by atoms with Crippen molar-refractivity contribution >= 4 is 37.5 Å². The summed E-state index contributed by atoms with van der Waals surface area (Å²) in [5.41, 5.74) is 0.951. The van der Waals surface area contributed by atoms with E-state index >= 15 is 0 Å². The molecule has 0 radical (unpaired) electrons. The lowest BCUT2D eigenvalue weighted by Crippen LogP contribution is -2.21. The molecule has 1 aromatic carbocycles. The lowest BCUT2D eigenvalue weighted by Gasteiger charge is -1.99.